The van der Waals surface area contributed by atoms with Crippen LogP contribution in [0.3, 0.4) is 0 Å². The van der Waals surface area contributed by atoms with Gasteiger partial charge in [0.05, 0.1) is 0 Å². The van der Waals surface area contributed by atoms with E-state index in [2.05, 4.69) is 48.0 Å². The van der Waals surface area contributed by atoms with Gasteiger partial charge in [-0.2, -0.15) is 0 Å². The van der Waals surface area contributed by atoms with E-state index in [1.54, 1.807) is 0 Å². The van der Waals surface area contributed by atoms with Crippen molar-refractivity contribution in [3.8, 4) is 0 Å². The van der Waals surface area contributed by atoms with Crippen LogP contribution < -0.4 is 5.32 Å². The fourth-order valence-corrected chi connectivity index (χ4v) is 1.53. The lowest BCUT2D eigenvalue weighted by atomic mass is 9.93. The predicted molar refractivity (Wildman–Crippen MR) is 55.9 cm³/mol. The van der Waals surface area contributed by atoms with Gasteiger partial charge in [0, 0.05) is 18.3 Å². The Morgan fingerprint density at radius 3 is 3.00 bits per heavy atom. The lowest BCUT2D eigenvalue weighted by Gasteiger charge is -2.13. The van der Waals surface area contributed by atoms with Gasteiger partial charge in [0.1, 0.15) is 0 Å². The van der Waals surface area contributed by atoms with E-state index in [4.69, 9.17) is 0 Å². The van der Waals surface area contributed by atoms with E-state index in [1.807, 2.05) is 12.3 Å². The van der Waals surface area contributed by atoms with E-state index >= 15 is 0 Å². The molecule has 0 aromatic carbocycles. The van der Waals surface area contributed by atoms with Crippen molar-refractivity contribution in [1.29, 1.82) is 0 Å². The van der Waals surface area contributed by atoms with Crippen molar-refractivity contribution in [2.45, 2.75) is 6.42 Å². The second-order valence-corrected chi connectivity index (χ2v) is 3.18. The van der Waals surface area contributed by atoms with Gasteiger partial charge < -0.3 is 5.32 Å². The first-order valence-electron chi connectivity index (χ1n) is 4.59. The van der Waals surface area contributed by atoms with Gasteiger partial charge in [0.2, 0.25) is 0 Å². The highest BCUT2D eigenvalue weighted by Crippen LogP contribution is 2.21. The third kappa shape index (κ3) is 2.00. The molecule has 1 atom stereocenters. The molecule has 0 spiro atoms. The molecule has 1 heteroatoms. The van der Waals surface area contributed by atoms with Gasteiger partial charge >= 0.3 is 0 Å². The summed E-state index contributed by atoms with van der Waals surface area (Å²) in [6.45, 7) is 0. The van der Waals surface area contributed by atoms with Crippen molar-refractivity contribution in [2.75, 3.05) is 0 Å². The number of allylic oxidation sites excluding steroid dienone is 8. The van der Waals surface area contributed by atoms with Crippen molar-refractivity contribution in [1.82, 2.24) is 5.32 Å². The lowest BCUT2D eigenvalue weighted by Crippen LogP contribution is -2.03. The number of hydrogen-bond donors (Lipinski definition) is 1. The number of nitrogens with one attached hydrogen (secondary N) is 1. The minimum atomic E-state index is 0.536. The summed E-state index contributed by atoms with van der Waals surface area (Å²) in [6, 6.07) is 0. The molecule has 13 heavy (non-hydrogen) atoms. The SMILES string of the molecule is C1=CCC(C2=CNC=CC=C2)C=C1. The summed E-state index contributed by atoms with van der Waals surface area (Å²) in [7, 11) is 0. The third-order valence-corrected chi connectivity index (χ3v) is 2.25. The maximum atomic E-state index is 3.13. The first-order valence-corrected chi connectivity index (χ1v) is 4.59. The fourth-order valence-electron chi connectivity index (χ4n) is 1.53. The summed E-state index contributed by atoms with van der Waals surface area (Å²) in [6.07, 6.45) is 20.0. The zero-order chi connectivity index (χ0) is 8.93. The van der Waals surface area contributed by atoms with E-state index in [0.717, 1.165) is 6.42 Å². The highest BCUT2D eigenvalue weighted by molar-refractivity contribution is 5.32. The normalized spacial score (nSPS) is 25.2. The molecule has 0 fully saturated rings. The zero-order valence-electron chi connectivity index (χ0n) is 7.48. The summed E-state index contributed by atoms with van der Waals surface area (Å²) in [5, 5.41) is 3.13. The standard InChI is InChI=1S/C12H13N/c1-2-6-11(7-3-1)12-8-4-5-9-13-10-12/h1-6,8-11,13H,7H2. The molecule has 1 heterocycles. The summed E-state index contributed by atoms with van der Waals surface area (Å²) in [4.78, 5) is 0. The Morgan fingerprint density at radius 1 is 1.15 bits per heavy atom. The molecule has 2 rings (SSSR count). The molecular weight excluding hydrogens is 158 g/mol. The molecule has 0 aromatic rings. The van der Waals surface area contributed by atoms with E-state index in [9.17, 15) is 0 Å². The lowest BCUT2D eigenvalue weighted by molar-refractivity contribution is 0.780. The topological polar surface area (TPSA) is 12.0 Å². The van der Waals surface area contributed by atoms with Gasteiger partial charge in [-0.3, -0.25) is 0 Å². The van der Waals surface area contributed by atoms with Gasteiger partial charge in [-0.1, -0.05) is 36.5 Å². The van der Waals surface area contributed by atoms with Crippen LogP contribution in [0.15, 0.2) is 60.5 Å². The molecule has 1 nitrogen and oxygen atoms in total. The molecule has 1 unspecified atom stereocenters. The van der Waals surface area contributed by atoms with E-state index in [1.165, 1.54) is 5.57 Å². The van der Waals surface area contributed by atoms with Crippen LogP contribution in [-0.4, -0.2) is 0 Å². The van der Waals surface area contributed by atoms with Crippen molar-refractivity contribution >= 4 is 0 Å². The van der Waals surface area contributed by atoms with Crippen LogP contribution in [0.5, 0.6) is 0 Å². The molecule has 0 amide bonds. The molecule has 0 saturated heterocycles. The Bertz CT molecular complexity index is 316. The van der Waals surface area contributed by atoms with Gasteiger partial charge in [0.25, 0.3) is 0 Å². The summed E-state index contributed by atoms with van der Waals surface area (Å²) in [5.74, 6) is 0.536. The Hall–Kier alpha value is -1.50. The molecule has 0 saturated carbocycles. The molecule has 1 aliphatic carbocycles. The number of hydrogen-bond acceptors (Lipinski definition) is 1. The highest BCUT2D eigenvalue weighted by atomic mass is 14.8. The van der Waals surface area contributed by atoms with E-state index < -0.39 is 0 Å². The fraction of sp³-hybridized carbons (Fsp3) is 0.167. The molecule has 0 radical (unpaired) electrons. The Kier molecular flexibility index (Phi) is 2.46. The average Bonchev–Trinajstić information content (AvgIpc) is 2.47. The van der Waals surface area contributed by atoms with Crippen LogP contribution in [-0.2, 0) is 0 Å². The largest absolute Gasteiger partial charge is 0.367 e. The van der Waals surface area contributed by atoms with Crippen LogP contribution in [0.4, 0.5) is 0 Å². The van der Waals surface area contributed by atoms with Crippen molar-refractivity contribution in [3.05, 3.63) is 60.5 Å². The van der Waals surface area contributed by atoms with Crippen molar-refractivity contribution in [3.63, 3.8) is 0 Å². The second-order valence-electron chi connectivity index (χ2n) is 3.18. The highest BCUT2D eigenvalue weighted by Gasteiger charge is 2.08. The Morgan fingerprint density at radius 2 is 2.15 bits per heavy atom. The zero-order valence-corrected chi connectivity index (χ0v) is 7.48. The molecule has 66 valence electrons. The molecule has 1 N–H and O–H groups in total. The van der Waals surface area contributed by atoms with Gasteiger partial charge in [-0.05, 0) is 18.1 Å². The molecule has 0 aromatic heterocycles. The predicted octanol–water partition coefficient (Wildman–Crippen LogP) is 2.68. The summed E-state index contributed by atoms with van der Waals surface area (Å²) >= 11 is 0. The minimum Gasteiger partial charge on any atom is -0.367 e. The van der Waals surface area contributed by atoms with Crippen LogP contribution in [0.25, 0.3) is 0 Å². The first kappa shape index (κ1) is 8.11. The van der Waals surface area contributed by atoms with E-state index in [0.29, 0.717) is 5.92 Å². The summed E-state index contributed by atoms with van der Waals surface area (Å²) < 4.78 is 0. The molecule has 0 bridgehead atoms. The van der Waals surface area contributed by atoms with Gasteiger partial charge in [-0.25, -0.2) is 0 Å². The summed E-state index contributed by atoms with van der Waals surface area (Å²) in [5.41, 5.74) is 1.34. The first-order chi connectivity index (χ1) is 6.47. The Balaban J connectivity index is 2.12. The average molecular weight is 171 g/mol. The van der Waals surface area contributed by atoms with Crippen LogP contribution in [0, 0.1) is 5.92 Å². The molecular formula is C12H13N. The maximum absolute atomic E-state index is 3.13. The van der Waals surface area contributed by atoms with Crippen molar-refractivity contribution < 1.29 is 0 Å². The van der Waals surface area contributed by atoms with Crippen LogP contribution >= 0.6 is 0 Å². The van der Waals surface area contributed by atoms with Crippen LogP contribution in [0.1, 0.15) is 6.42 Å². The smallest absolute Gasteiger partial charge is 0.00700 e. The second kappa shape index (κ2) is 3.94. The third-order valence-electron chi connectivity index (χ3n) is 2.25. The number of rotatable bonds is 1. The Labute approximate surface area is 78.8 Å². The van der Waals surface area contributed by atoms with Crippen molar-refractivity contribution in [2.24, 2.45) is 5.92 Å². The molecule has 2 aliphatic rings. The van der Waals surface area contributed by atoms with Crippen LogP contribution in [0.2, 0.25) is 0 Å². The maximum Gasteiger partial charge on any atom is 0.00700 e. The quantitative estimate of drug-likeness (QED) is 0.639. The monoisotopic (exact) mass is 171 g/mol. The van der Waals surface area contributed by atoms with E-state index in [-0.39, 0.29) is 0 Å². The molecule has 1 aliphatic heterocycles. The van der Waals surface area contributed by atoms with Gasteiger partial charge in [-0.15, -0.1) is 0 Å². The minimum absolute atomic E-state index is 0.536. The van der Waals surface area contributed by atoms with Gasteiger partial charge in [0.15, 0.2) is 0 Å².